The first-order chi connectivity index (χ1) is 49.8. The molecule has 3 unspecified atom stereocenters. The number of imide groups is 1. The van der Waals surface area contributed by atoms with Crippen LogP contribution in [-0.4, -0.2) is 184 Å². The highest BCUT2D eigenvalue weighted by molar-refractivity contribution is 6.22. The Bertz CT molecular complexity index is 4250. The van der Waals surface area contributed by atoms with Crippen molar-refractivity contribution in [3.63, 3.8) is 0 Å². The second kappa shape index (κ2) is 29.5. The molecule has 103 heavy (non-hydrogen) atoms. The lowest BCUT2D eigenvalue weighted by atomic mass is 9.83. The number of aliphatic hydroxyl groups is 1. The van der Waals surface area contributed by atoms with Crippen LogP contribution in [0.2, 0.25) is 0 Å². The average Bonchev–Trinajstić information content (AvgIpc) is 1.55. The van der Waals surface area contributed by atoms with Gasteiger partial charge >= 0.3 is 12.1 Å². The number of ether oxygens (including phenoxy) is 6. The van der Waals surface area contributed by atoms with Crippen LogP contribution >= 0.6 is 0 Å². The van der Waals surface area contributed by atoms with Gasteiger partial charge < -0.3 is 58.0 Å². The molecule has 0 aliphatic carbocycles. The number of unbranched alkanes of at least 4 members (excludes halogenated alkanes) is 2. The molecule has 6 saturated heterocycles. The van der Waals surface area contributed by atoms with Crippen LogP contribution in [0.15, 0.2) is 159 Å². The van der Waals surface area contributed by atoms with Gasteiger partial charge in [0, 0.05) is 123 Å². The summed E-state index contributed by atoms with van der Waals surface area (Å²) in [5.74, 6) is -2.62. The van der Waals surface area contributed by atoms with Crippen LogP contribution in [0.25, 0.3) is 0 Å². The molecule has 0 saturated carbocycles. The Morgan fingerprint density at radius 2 is 1.05 bits per heavy atom. The van der Waals surface area contributed by atoms with E-state index in [1.54, 1.807) is 35.8 Å². The summed E-state index contributed by atoms with van der Waals surface area (Å²) in [6, 6.07) is 35.0. The first-order valence-electron chi connectivity index (χ1n) is 35.1. The molecule has 0 bridgehead atoms. The minimum Gasteiger partial charge on any atom is -0.488 e. The number of hydrogen-bond donors (Lipinski definition) is 1. The van der Waals surface area contributed by atoms with E-state index in [2.05, 4.69) is 39.8 Å². The van der Waals surface area contributed by atoms with Crippen molar-refractivity contribution in [1.29, 1.82) is 0 Å². The van der Waals surface area contributed by atoms with Crippen LogP contribution in [0.1, 0.15) is 71.4 Å². The van der Waals surface area contributed by atoms with Gasteiger partial charge in [-0.1, -0.05) is 31.9 Å². The third kappa shape index (κ3) is 14.1. The third-order valence-electron chi connectivity index (χ3n) is 20.3. The van der Waals surface area contributed by atoms with Crippen molar-refractivity contribution in [2.24, 2.45) is 0 Å². The summed E-state index contributed by atoms with van der Waals surface area (Å²) in [6.45, 7) is 15.1. The summed E-state index contributed by atoms with van der Waals surface area (Å²) in [6.07, 6.45) is 5.22. The van der Waals surface area contributed by atoms with E-state index in [4.69, 9.17) is 28.4 Å². The number of urea groups is 2. The summed E-state index contributed by atoms with van der Waals surface area (Å²) in [4.78, 5) is 65.5. The fourth-order valence-corrected chi connectivity index (χ4v) is 15.3. The van der Waals surface area contributed by atoms with Crippen LogP contribution in [0, 0.1) is 23.3 Å². The van der Waals surface area contributed by atoms with Gasteiger partial charge in [-0.25, -0.2) is 51.4 Å². The van der Waals surface area contributed by atoms with Gasteiger partial charge in [0.1, 0.15) is 90.6 Å². The van der Waals surface area contributed by atoms with Crippen molar-refractivity contribution >= 4 is 52.1 Å². The molecule has 542 valence electrons. The Morgan fingerprint density at radius 3 is 1.53 bits per heavy atom. The molecule has 6 aliphatic heterocycles. The number of halogens is 4. The lowest BCUT2D eigenvalue weighted by Gasteiger charge is -2.39. The van der Waals surface area contributed by atoms with Crippen LogP contribution in [0.3, 0.4) is 0 Å². The maximum Gasteiger partial charge on any atom is 0.334 e. The predicted octanol–water partition coefficient (Wildman–Crippen LogP) is 10.3. The number of piperazine rings is 2. The van der Waals surface area contributed by atoms with Crippen LogP contribution < -0.4 is 38.9 Å². The number of rotatable bonds is 25. The van der Waals surface area contributed by atoms with Gasteiger partial charge in [0.05, 0.1) is 38.0 Å². The Hall–Kier alpha value is -9.87. The molecular weight excluding hydrogens is 1330 g/mol. The third-order valence-corrected chi connectivity index (χ3v) is 20.3. The normalized spacial score (nSPS) is 24.0. The molecule has 7 atom stereocenters. The monoisotopic (exact) mass is 1420 g/mol. The molecule has 24 nitrogen and oxygen atoms in total. The van der Waals surface area contributed by atoms with E-state index in [0.29, 0.717) is 68.6 Å². The highest BCUT2D eigenvalue weighted by atomic mass is 19.1. The number of anilines is 6. The standard InChI is InChI=1S/C75H84F4N14O10/c1-6-7-8-29-75(97)70(94)92(72(96)93(75)51(4)5)59-17-13-55(14-18-59)85-32-36-87(37-33-85)57-21-25-61(26-22-57)99-42-68-101-69(74(103-68,44-89-49-81-47-83-89)63-28-10-53(77)39-65(63)79)66-40-90(71(95)91(66)50(2)3)58-15-11-54(12-16-58)84-30-34-86(35-31-84)56-19-23-60(24-20-56)98-41-67-100-45-73(102-67,43-88-48-80-46-82-88)62-27-9-52(76)38-64(62)78/h9-28,38-39,46-51,66-69,97H,6-8,29-37,40-45H2,1-5H3/t66?,67-,68-,69?,73+,74-,75?/m0/s1. The second-order valence-corrected chi connectivity index (χ2v) is 27.5. The zero-order chi connectivity index (χ0) is 71.7. The van der Waals surface area contributed by atoms with E-state index >= 15 is 8.78 Å². The van der Waals surface area contributed by atoms with Crippen LogP contribution in [0.4, 0.5) is 61.3 Å². The minimum absolute atomic E-state index is 0.0126. The van der Waals surface area contributed by atoms with E-state index in [9.17, 15) is 28.3 Å². The van der Waals surface area contributed by atoms with E-state index in [1.165, 1.54) is 63.8 Å². The number of hydrogen-bond acceptors (Lipinski definition) is 18. The van der Waals surface area contributed by atoms with E-state index in [0.717, 1.165) is 65.7 Å². The lowest BCUT2D eigenvalue weighted by Crippen LogP contribution is -2.55. The maximum absolute atomic E-state index is 16.6. The first kappa shape index (κ1) is 70.2. The Labute approximate surface area is 594 Å². The molecule has 5 amide bonds. The Kier molecular flexibility index (Phi) is 20.1. The molecular formula is C75H84F4N14O10. The molecule has 0 radical (unpaired) electrons. The van der Waals surface area contributed by atoms with Gasteiger partial charge in [-0.3, -0.25) is 14.6 Å². The molecule has 0 spiro atoms. The van der Waals surface area contributed by atoms with E-state index < -0.39 is 76.9 Å². The zero-order valence-corrected chi connectivity index (χ0v) is 58.1. The zero-order valence-electron chi connectivity index (χ0n) is 58.1. The van der Waals surface area contributed by atoms with Crippen molar-refractivity contribution in [2.45, 2.75) is 127 Å². The SMILES string of the molecule is CCCCCC1(O)C(=O)N(c2ccc(N3CCN(c4ccc(OC[C@H]5OC(C6CN(c7ccc(N8CCN(c9ccc(OC[C@H]%10OC[C@](Cn%11cncn%11)(c%11ccc(F)cc%11F)O%10)cc9)CC8)cc7)C(=O)N6C(C)C)[C@](Cn6cncn6)(c6ccc(F)cc6F)O5)cc4)CC3)cc2)C(=O)N1C(C)C. The summed E-state index contributed by atoms with van der Waals surface area (Å²) >= 11 is 0. The Morgan fingerprint density at radius 1 is 0.563 bits per heavy atom. The fraction of sp³-hybridized carbons (Fsp3) is 0.427. The van der Waals surface area contributed by atoms with Gasteiger partial charge in [0.25, 0.3) is 5.91 Å². The minimum atomic E-state index is -1.89. The van der Waals surface area contributed by atoms with Gasteiger partial charge in [-0.2, -0.15) is 10.2 Å². The van der Waals surface area contributed by atoms with Crippen molar-refractivity contribution in [3.8, 4) is 11.5 Å². The van der Waals surface area contributed by atoms with Crippen molar-refractivity contribution in [3.05, 3.63) is 193 Å². The summed E-state index contributed by atoms with van der Waals surface area (Å²) in [5, 5.41) is 20.2. The molecule has 8 aromatic rings. The van der Waals surface area contributed by atoms with Crippen LogP contribution in [-0.2, 0) is 48.0 Å². The van der Waals surface area contributed by atoms with Gasteiger partial charge in [0.2, 0.25) is 5.72 Å². The number of aromatic nitrogens is 6. The second-order valence-electron chi connectivity index (χ2n) is 27.5. The molecule has 1 N–H and O–H groups in total. The largest absolute Gasteiger partial charge is 0.488 e. The molecule has 28 heteroatoms. The highest BCUT2D eigenvalue weighted by Gasteiger charge is 2.61. The van der Waals surface area contributed by atoms with Crippen LogP contribution in [0.5, 0.6) is 11.5 Å². The van der Waals surface area contributed by atoms with Crippen molar-refractivity contribution < 1.29 is 65.5 Å². The Balaban J connectivity index is 0.605. The predicted molar refractivity (Wildman–Crippen MR) is 375 cm³/mol. The summed E-state index contributed by atoms with van der Waals surface area (Å²) < 4.78 is 102. The van der Waals surface area contributed by atoms with Crippen molar-refractivity contribution in [1.82, 2.24) is 39.3 Å². The van der Waals surface area contributed by atoms with E-state index in [-0.39, 0.29) is 75.1 Å². The molecule has 6 aliphatic rings. The number of amides is 5. The smallest absolute Gasteiger partial charge is 0.334 e. The van der Waals surface area contributed by atoms with E-state index in [1.807, 2.05) is 106 Å². The highest BCUT2D eigenvalue weighted by Crippen LogP contribution is 2.48. The number of carbonyl (C=O) groups excluding carboxylic acids is 3. The quantitative estimate of drug-likeness (QED) is 0.0320. The lowest BCUT2D eigenvalue weighted by molar-refractivity contribution is -0.150. The van der Waals surface area contributed by atoms with Gasteiger partial charge in [-0.15, -0.1) is 0 Å². The molecule has 6 fully saturated rings. The summed E-state index contributed by atoms with van der Waals surface area (Å²) in [5.41, 5.74) is 0.235. The molecule has 2 aromatic heterocycles. The summed E-state index contributed by atoms with van der Waals surface area (Å²) in [7, 11) is 0. The molecule has 6 aromatic carbocycles. The molecule has 8 heterocycles. The average molecular weight is 1420 g/mol. The maximum atomic E-state index is 16.6. The first-order valence-corrected chi connectivity index (χ1v) is 35.1. The van der Waals surface area contributed by atoms with Gasteiger partial charge in [-0.05, 0) is 143 Å². The fourth-order valence-electron chi connectivity index (χ4n) is 15.3. The molecule has 14 rings (SSSR count). The number of nitrogens with zero attached hydrogens (tertiary/aromatic N) is 14. The number of carbonyl (C=O) groups is 3. The number of benzene rings is 6. The topological polar surface area (TPSA) is 214 Å². The van der Waals surface area contributed by atoms with Crippen molar-refractivity contribution in [2.75, 3.05) is 108 Å². The van der Waals surface area contributed by atoms with Gasteiger partial charge in [0.15, 0.2) is 12.6 Å².